The smallest absolute Gasteiger partial charge is 0.310 e. The van der Waals surface area contributed by atoms with Gasteiger partial charge in [-0.05, 0) is 85.1 Å². The van der Waals surface area contributed by atoms with Gasteiger partial charge in [-0.15, -0.1) is 0 Å². The Bertz CT molecular complexity index is 832. The normalized spacial score (nSPS) is 10.9. The van der Waals surface area contributed by atoms with Gasteiger partial charge in [-0.25, -0.2) is 0 Å². The predicted octanol–water partition coefficient (Wildman–Crippen LogP) is 5.31. The summed E-state index contributed by atoms with van der Waals surface area (Å²) in [5.74, 6) is 0.935. The highest BCUT2D eigenvalue weighted by Crippen LogP contribution is 2.31. The van der Waals surface area contributed by atoms with E-state index in [9.17, 15) is 4.79 Å². The van der Waals surface area contributed by atoms with Crippen LogP contribution in [-0.4, -0.2) is 11.6 Å². The molecular formula is C20H20BrNO3. The largest absolute Gasteiger partial charge is 0.460 e. The third-order valence-corrected chi connectivity index (χ3v) is 3.79. The van der Waals surface area contributed by atoms with Gasteiger partial charge in [0.25, 0.3) is 0 Å². The Labute approximate surface area is 156 Å². The predicted molar refractivity (Wildman–Crippen MR) is 99.7 cm³/mol. The molecule has 25 heavy (non-hydrogen) atoms. The number of aryl methyl sites for hydroxylation is 1. The summed E-state index contributed by atoms with van der Waals surface area (Å²) in [5.41, 5.74) is 1.83. The lowest BCUT2D eigenvalue weighted by Crippen LogP contribution is -2.24. The van der Waals surface area contributed by atoms with Gasteiger partial charge in [0.05, 0.1) is 22.5 Å². The number of hydrogen-bond acceptors (Lipinski definition) is 4. The van der Waals surface area contributed by atoms with E-state index >= 15 is 0 Å². The highest BCUT2D eigenvalue weighted by molar-refractivity contribution is 9.10. The number of rotatable bonds is 4. The maximum Gasteiger partial charge on any atom is 0.310 e. The number of benzene rings is 2. The van der Waals surface area contributed by atoms with Crippen LogP contribution in [0.4, 0.5) is 0 Å². The number of hydrogen-bond donors (Lipinski definition) is 0. The monoisotopic (exact) mass is 401 g/mol. The lowest BCUT2D eigenvalue weighted by atomic mass is 10.1. The molecule has 0 bridgehead atoms. The fourth-order valence-corrected chi connectivity index (χ4v) is 2.79. The first kappa shape index (κ1) is 19.0. The van der Waals surface area contributed by atoms with Gasteiger partial charge in [0, 0.05) is 0 Å². The molecular weight excluding hydrogens is 382 g/mol. The maximum atomic E-state index is 11.9. The van der Waals surface area contributed by atoms with E-state index in [0.717, 1.165) is 15.6 Å². The first-order chi connectivity index (χ1) is 11.7. The van der Waals surface area contributed by atoms with Crippen LogP contribution in [0.2, 0.25) is 0 Å². The molecule has 0 aliphatic heterocycles. The van der Waals surface area contributed by atoms with E-state index in [1.807, 2.05) is 45.9 Å². The Morgan fingerprint density at radius 3 is 2.52 bits per heavy atom. The molecule has 5 heteroatoms. The average Bonchev–Trinajstić information content (AvgIpc) is 2.47. The second-order valence-corrected chi connectivity index (χ2v) is 7.63. The van der Waals surface area contributed by atoms with E-state index in [1.54, 1.807) is 18.2 Å². The summed E-state index contributed by atoms with van der Waals surface area (Å²) >= 11 is 3.47. The third kappa shape index (κ3) is 5.91. The number of nitrogens with zero attached hydrogens (tertiary/aromatic N) is 1. The molecule has 130 valence electrons. The molecule has 0 saturated heterocycles. The van der Waals surface area contributed by atoms with Crippen LogP contribution in [0.25, 0.3) is 0 Å². The Balaban J connectivity index is 2.13. The van der Waals surface area contributed by atoms with Crippen molar-refractivity contribution < 1.29 is 14.3 Å². The summed E-state index contributed by atoms with van der Waals surface area (Å²) < 4.78 is 11.9. The van der Waals surface area contributed by atoms with Crippen molar-refractivity contribution in [1.82, 2.24) is 0 Å². The van der Waals surface area contributed by atoms with E-state index in [0.29, 0.717) is 17.1 Å². The minimum atomic E-state index is -0.499. The van der Waals surface area contributed by atoms with Gasteiger partial charge in [-0.2, -0.15) is 5.26 Å². The van der Waals surface area contributed by atoms with Crippen molar-refractivity contribution >= 4 is 21.9 Å². The molecule has 0 N–H and O–H groups in total. The van der Waals surface area contributed by atoms with E-state index in [4.69, 9.17) is 14.7 Å². The molecule has 0 radical (unpaired) electrons. The summed E-state index contributed by atoms with van der Waals surface area (Å²) in [5, 5.41) is 9.05. The lowest BCUT2D eigenvalue weighted by molar-refractivity contribution is -0.153. The number of carbonyl (C=O) groups excluding carboxylic acids is 1. The molecule has 0 aromatic heterocycles. The Morgan fingerprint density at radius 1 is 1.20 bits per heavy atom. The Morgan fingerprint density at radius 2 is 1.92 bits per heavy atom. The van der Waals surface area contributed by atoms with Crippen LogP contribution in [0.3, 0.4) is 0 Å². The number of nitriles is 1. The van der Waals surface area contributed by atoms with Gasteiger partial charge in [0.15, 0.2) is 0 Å². The average molecular weight is 402 g/mol. The molecule has 0 aliphatic carbocycles. The van der Waals surface area contributed by atoms with Gasteiger partial charge in [-0.3, -0.25) is 4.79 Å². The fourth-order valence-electron chi connectivity index (χ4n) is 2.28. The van der Waals surface area contributed by atoms with Gasteiger partial charge >= 0.3 is 5.97 Å². The molecule has 2 rings (SSSR count). The first-order valence-corrected chi connectivity index (χ1v) is 8.65. The molecule has 0 fully saturated rings. The van der Waals surface area contributed by atoms with Crippen molar-refractivity contribution in [2.75, 3.05) is 0 Å². The SMILES string of the molecule is Cc1cc(C#N)cc(Oc2ccc(CC(=O)OC(C)(C)C)cc2Br)c1. The third-order valence-electron chi connectivity index (χ3n) is 3.17. The summed E-state index contributed by atoms with van der Waals surface area (Å²) in [4.78, 5) is 11.9. The van der Waals surface area contributed by atoms with E-state index < -0.39 is 5.60 Å². The minimum absolute atomic E-state index is 0.194. The summed E-state index contributed by atoms with van der Waals surface area (Å²) in [6, 6.07) is 12.9. The van der Waals surface area contributed by atoms with E-state index in [1.165, 1.54) is 0 Å². The Kier molecular flexibility index (Phi) is 5.86. The van der Waals surface area contributed by atoms with Crippen molar-refractivity contribution in [3.63, 3.8) is 0 Å². The minimum Gasteiger partial charge on any atom is -0.460 e. The van der Waals surface area contributed by atoms with E-state index in [-0.39, 0.29) is 12.4 Å². The molecule has 2 aromatic rings. The Hall–Kier alpha value is -2.32. The highest BCUT2D eigenvalue weighted by atomic mass is 79.9. The molecule has 0 unspecified atom stereocenters. The quantitative estimate of drug-likeness (QED) is 0.651. The van der Waals surface area contributed by atoms with Crippen LogP contribution >= 0.6 is 15.9 Å². The van der Waals surface area contributed by atoms with Crippen molar-refractivity contribution in [2.24, 2.45) is 0 Å². The molecule has 0 saturated carbocycles. The number of ether oxygens (including phenoxy) is 2. The van der Waals surface area contributed by atoms with Crippen LogP contribution < -0.4 is 4.74 Å². The molecule has 0 amide bonds. The van der Waals surface area contributed by atoms with Crippen molar-refractivity contribution in [1.29, 1.82) is 5.26 Å². The topological polar surface area (TPSA) is 59.3 Å². The van der Waals surface area contributed by atoms with Crippen LogP contribution in [0.15, 0.2) is 40.9 Å². The molecule has 0 atom stereocenters. The lowest BCUT2D eigenvalue weighted by Gasteiger charge is -2.19. The molecule has 0 spiro atoms. The van der Waals surface area contributed by atoms with E-state index in [2.05, 4.69) is 22.0 Å². The fraction of sp³-hybridized carbons (Fsp3) is 0.300. The van der Waals surface area contributed by atoms with Gasteiger partial charge in [0.2, 0.25) is 0 Å². The van der Waals surface area contributed by atoms with Gasteiger partial charge in [0.1, 0.15) is 17.1 Å². The molecule has 0 heterocycles. The number of esters is 1. The summed E-state index contributed by atoms with van der Waals surface area (Å²) in [6.45, 7) is 7.44. The summed E-state index contributed by atoms with van der Waals surface area (Å²) in [6.07, 6.45) is 0.194. The van der Waals surface area contributed by atoms with Crippen molar-refractivity contribution in [3.05, 3.63) is 57.6 Å². The van der Waals surface area contributed by atoms with Crippen LogP contribution in [0.5, 0.6) is 11.5 Å². The highest BCUT2D eigenvalue weighted by Gasteiger charge is 2.17. The second kappa shape index (κ2) is 7.71. The molecule has 0 aliphatic rings. The zero-order valence-electron chi connectivity index (χ0n) is 14.7. The molecule has 4 nitrogen and oxygen atoms in total. The first-order valence-electron chi connectivity index (χ1n) is 7.86. The van der Waals surface area contributed by atoms with Crippen LogP contribution in [-0.2, 0) is 16.0 Å². The molecule has 2 aromatic carbocycles. The maximum absolute atomic E-state index is 11.9. The second-order valence-electron chi connectivity index (χ2n) is 6.78. The number of carbonyl (C=O) groups is 1. The van der Waals surface area contributed by atoms with Gasteiger partial charge in [-0.1, -0.05) is 6.07 Å². The number of halogens is 1. The van der Waals surface area contributed by atoms with Crippen molar-refractivity contribution in [2.45, 2.75) is 39.7 Å². The zero-order valence-corrected chi connectivity index (χ0v) is 16.3. The van der Waals surface area contributed by atoms with Crippen LogP contribution in [0.1, 0.15) is 37.5 Å². The van der Waals surface area contributed by atoms with Gasteiger partial charge < -0.3 is 9.47 Å². The standard InChI is InChI=1S/C20H20BrNO3/c1-13-7-15(12-22)9-16(8-13)24-18-6-5-14(10-17(18)21)11-19(23)25-20(2,3)4/h5-10H,11H2,1-4H3. The van der Waals surface area contributed by atoms with Crippen molar-refractivity contribution in [3.8, 4) is 17.6 Å². The summed E-state index contributed by atoms with van der Waals surface area (Å²) in [7, 11) is 0. The van der Waals surface area contributed by atoms with Crippen LogP contribution in [0, 0.1) is 18.3 Å². The zero-order chi connectivity index (χ0) is 18.6.